The van der Waals surface area contributed by atoms with Crippen molar-refractivity contribution in [2.75, 3.05) is 7.11 Å². The molecule has 0 unspecified atom stereocenters. The van der Waals surface area contributed by atoms with Crippen molar-refractivity contribution in [2.45, 2.75) is 13.8 Å². The van der Waals surface area contributed by atoms with Crippen molar-refractivity contribution in [3.8, 4) is 0 Å². The fourth-order valence-corrected chi connectivity index (χ4v) is 1.02. The average Bonchev–Trinajstić information content (AvgIpc) is 2.20. The Morgan fingerprint density at radius 1 is 1.54 bits per heavy atom. The molecule has 1 aromatic rings. The van der Waals surface area contributed by atoms with Crippen LogP contribution in [0.5, 0.6) is 0 Å². The standard InChI is InChI=1S/C7H6BrNO2.C2H6/c1-11-7(10)5-4-9-3-2-6(5)8;1-2/h2-4H,1H3;1-2H3. The maximum Gasteiger partial charge on any atom is 0.340 e. The molecular formula is C9H12BrNO2. The monoisotopic (exact) mass is 245 g/mol. The lowest BCUT2D eigenvalue weighted by molar-refractivity contribution is 0.0599. The van der Waals surface area contributed by atoms with Gasteiger partial charge in [-0.05, 0) is 22.0 Å². The van der Waals surface area contributed by atoms with Crippen molar-refractivity contribution in [3.05, 3.63) is 28.5 Å². The van der Waals surface area contributed by atoms with E-state index < -0.39 is 0 Å². The third-order valence-electron chi connectivity index (χ3n) is 1.17. The molecule has 3 nitrogen and oxygen atoms in total. The summed E-state index contributed by atoms with van der Waals surface area (Å²) in [4.78, 5) is 14.7. The van der Waals surface area contributed by atoms with Gasteiger partial charge in [0.15, 0.2) is 0 Å². The fraction of sp³-hybridized carbons (Fsp3) is 0.333. The largest absolute Gasteiger partial charge is 0.465 e. The number of aromatic nitrogens is 1. The number of rotatable bonds is 1. The summed E-state index contributed by atoms with van der Waals surface area (Å²) in [6, 6.07) is 1.69. The van der Waals surface area contributed by atoms with E-state index >= 15 is 0 Å². The zero-order valence-electron chi connectivity index (χ0n) is 7.87. The summed E-state index contributed by atoms with van der Waals surface area (Å²) < 4.78 is 5.20. The number of ether oxygens (including phenoxy) is 1. The molecule has 0 aliphatic rings. The SMILES string of the molecule is CC.COC(=O)c1cnccc1Br. The second-order valence-corrected chi connectivity index (χ2v) is 2.70. The summed E-state index contributed by atoms with van der Waals surface area (Å²) in [6.45, 7) is 4.00. The highest BCUT2D eigenvalue weighted by molar-refractivity contribution is 9.10. The molecule has 72 valence electrons. The Hall–Kier alpha value is -0.900. The predicted octanol–water partition coefficient (Wildman–Crippen LogP) is 2.66. The van der Waals surface area contributed by atoms with Crippen LogP contribution in [0.2, 0.25) is 0 Å². The quantitative estimate of drug-likeness (QED) is 0.715. The molecule has 0 saturated heterocycles. The van der Waals surface area contributed by atoms with Gasteiger partial charge in [0.25, 0.3) is 0 Å². The third kappa shape index (κ3) is 3.55. The number of hydrogen-bond donors (Lipinski definition) is 0. The number of carbonyl (C=O) groups excluding carboxylic acids is 1. The van der Waals surface area contributed by atoms with Crippen LogP contribution in [0.3, 0.4) is 0 Å². The molecule has 0 saturated carbocycles. The van der Waals surface area contributed by atoms with Gasteiger partial charge in [-0.2, -0.15) is 0 Å². The first kappa shape index (κ1) is 12.1. The van der Waals surface area contributed by atoms with Crippen molar-refractivity contribution in [1.29, 1.82) is 0 Å². The van der Waals surface area contributed by atoms with Crippen LogP contribution in [0.15, 0.2) is 22.9 Å². The highest BCUT2D eigenvalue weighted by Crippen LogP contribution is 2.14. The highest BCUT2D eigenvalue weighted by atomic mass is 79.9. The first-order valence-corrected chi connectivity index (χ1v) is 4.73. The van der Waals surface area contributed by atoms with Gasteiger partial charge in [0.1, 0.15) is 0 Å². The van der Waals surface area contributed by atoms with Crippen molar-refractivity contribution < 1.29 is 9.53 Å². The van der Waals surface area contributed by atoms with Crippen molar-refractivity contribution in [3.63, 3.8) is 0 Å². The van der Waals surface area contributed by atoms with Crippen LogP contribution in [0.25, 0.3) is 0 Å². The van der Waals surface area contributed by atoms with Crippen LogP contribution in [-0.4, -0.2) is 18.1 Å². The normalized spacial score (nSPS) is 8.31. The molecule has 0 fully saturated rings. The molecular weight excluding hydrogens is 234 g/mol. The highest BCUT2D eigenvalue weighted by Gasteiger charge is 2.08. The summed E-state index contributed by atoms with van der Waals surface area (Å²) in [6.07, 6.45) is 3.05. The summed E-state index contributed by atoms with van der Waals surface area (Å²) in [5, 5.41) is 0. The molecule has 0 radical (unpaired) electrons. The summed E-state index contributed by atoms with van der Waals surface area (Å²) in [5.74, 6) is -0.384. The lowest BCUT2D eigenvalue weighted by atomic mass is 10.3. The van der Waals surface area contributed by atoms with Gasteiger partial charge in [-0.15, -0.1) is 0 Å². The topological polar surface area (TPSA) is 39.2 Å². The van der Waals surface area contributed by atoms with Crippen molar-refractivity contribution in [1.82, 2.24) is 4.98 Å². The Morgan fingerprint density at radius 2 is 2.15 bits per heavy atom. The van der Waals surface area contributed by atoms with E-state index in [1.807, 2.05) is 13.8 Å². The Kier molecular flexibility index (Phi) is 6.14. The van der Waals surface area contributed by atoms with Crippen LogP contribution < -0.4 is 0 Å². The van der Waals surface area contributed by atoms with Crippen LogP contribution in [0.1, 0.15) is 24.2 Å². The Labute approximate surface area is 86.3 Å². The van der Waals surface area contributed by atoms with Gasteiger partial charge in [-0.25, -0.2) is 4.79 Å². The van der Waals surface area contributed by atoms with Crippen molar-refractivity contribution >= 4 is 21.9 Å². The molecule has 1 rings (SSSR count). The third-order valence-corrected chi connectivity index (χ3v) is 1.86. The lowest BCUT2D eigenvalue weighted by Crippen LogP contribution is -2.02. The van der Waals surface area contributed by atoms with Gasteiger partial charge in [-0.1, -0.05) is 13.8 Å². The second kappa shape index (κ2) is 6.60. The molecule has 0 aromatic carbocycles. The van der Waals surface area contributed by atoms with Gasteiger partial charge >= 0.3 is 5.97 Å². The first-order valence-electron chi connectivity index (χ1n) is 3.93. The Balaban J connectivity index is 0.000000671. The van der Waals surface area contributed by atoms with E-state index in [1.54, 1.807) is 12.3 Å². The molecule has 0 aliphatic carbocycles. The molecule has 4 heteroatoms. The van der Waals surface area contributed by atoms with Crippen LogP contribution in [-0.2, 0) is 4.74 Å². The van der Waals surface area contributed by atoms with E-state index in [2.05, 4.69) is 25.7 Å². The van der Waals surface area contributed by atoms with E-state index in [1.165, 1.54) is 13.3 Å². The number of carbonyl (C=O) groups is 1. The Bertz CT molecular complexity index is 276. The summed E-state index contributed by atoms with van der Waals surface area (Å²) in [5.41, 5.74) is 0.440. The molecule has 0 aliphatic heterocycles. The van der Waals surface area contributed by atoms with Crippen molar-refractivity contribution in [2.24, 2.45) is 0 Å². The number of esters is 1. The number of halogens is 1. The van der Waals surface area contributed by atoms with Gasteiger partial charge in [-0.3, -0.25) is 4.98 Å². The van der Waals surface area contributed by atoms with Gasteiger partial charge in [0.2, 0.25) is 0 Å². The minimum Gasteiger partial charge on any atom is -0.465 e. The number of nitrogens with zero attached hydrogens (tertiary/aromatic N) is 1. The van der Waals surface area contributed by atoms with E-state index in [0.717, 1.165) is 0 Å². The molecule has 1 aromatic heterocycles. The lowest BCUT2D eigenvalue weighted by Gasteiger charge is -1.99. The number of methoxy groups -OCH3 is 1. The summed E-state index contributed by atoms with van der Waals surface area (Å²) >= 11 is 3.20. The Morgan fingerprint density at radius 3 is 2.62 bits per heavy atom. The van der Waals surface area contributed by atoms with E-state index in [-0.39, 0.29) is 5.97 Å². The molecule has 1 heterocycles. The maximum atomic E-state index is 10.9. The first-order chi connectivity index (χ1) is 6.25. The second-order valence-electron chi connectivity index (χ2n) is 1.85. The molecule has 0 atom stereocenters. The van der Waals surface area contributed by atoms with E-state index in [0.29, 0.717) is 10.0 Å². The smallest absolute Gasteiger partial charge is 0.340 e. The maximum absolute atomic E-state index is 10.9. The zero-order chi connectivity index (χ0) is 10.3. The van der Waals surface area contributed by atoms with E-state index in [4.69, 9.17) is 0 Å². The fourth-order valence-electron chi connectivity index (χ4n) is 0.638. The number of pyridine rings is 1. The number of hydrogen-bond acceptors (Lipinski definition) is 3. The minimum absolute atomic E-state index is 0.384. The van der Waals surface area contributed by atoms with Crippen LogP contribution in [0, 0.1) is 0 Å². The molecule has 0 N–H and O–H groups in total. The molecule has 0 bridgehead atoms. The summed E-state index contributed by atoms with van der Waals surface area (Å²) in [7, 11) is 1.34. The van der Waals surface area contributed by atoms with Gasteiger partial charge in [0, 0.05) is 16.9 Å². The minimum atomic E-state index is -0.384. The average molecular weight is 246 g/mol. The van der Waals surface area contributed by atoms with Crippen LogP contribution in [0.4, 0.5) is 0 Å². The van der Waals surface area contributed by atoms with Gasteiger partial charge < -0.3 is 4.74 Å². The zero-order valence-corrected chi connectivity index (χ0v) is 9.46. The van der Waals surface area contributed by atoms with E-state index in [9.17, 15) is 4.79 Å². The molecule has 0 amide bonds. The van der Waals surface area contributed by atoms with Crippen LogP contribution >= 0.6 is 15.9 Å². The molecule has 0 spiro atoms. The van der Waals surface area contributed by atoms with Gasteiger partial charge in [0.05, 0.1) is 12.7 Å². The molecule has 13 heavy (non-hydrogen) atoms. The predicted molar refractivity (Wildman–Crippen MR) is 54.6 cm³/mol.